The molecular formula is C13H22N4. The second kappa shape index (κ2) is 5.47. The molecule has 4 nitrogen and oxygen atoms in total. The molecular weight excluding hydrogens is 212 g/mol. The minimum absolute atomic E-state index is 0.614. The Balaban J connectivity index is 1.86. The van der Waals surface area contributed by atoms with E-state index in [1.807, 2.05) is 18.2 Å². The number of hydrogen-bond donors (Lipinski definition) is 1. The fourth-order valence-electron chi connectivity index (χ4n) is 2.25. The molecule has 0 spiro atoms. The zero-order valence-electron chi connectivity index (χ0n) is 10.8. The van der Waals surface area contributed by atoms with Crippen molar-refractivity contribution in [1.29, 1.82) is 0 Å². The molecule has 0 atom stereocenters. The third-order valence-electron chi connectivity index (χ3n) is 3.35. The Morgan fingerprint density at radius 3 is 2.53 bits per heavy atom. The van der Waals surface area contributed by atoms with E-state index in [1.165, 1.54) is 0 Å². The van der Waals surface area contributed by atoms with Gasteiger partial charge in [0, 0.05) is 38.8 Å². The molecule has 1 aliphatic heterocycles. The van der Waals surface area contributed by atoms with E-state index >= 15 is 0 Å². The Kier molecular flexibility index (Phi) is 3.97. The van der Waals surface area contributed by atoms with Crippen LogP contribution in [0.1, 0.15) is 19.5 Å². The average Bonchev–Trinajstić information content (AvgIpc) is 2.29. The molecule has 1 saturated heterocycles. The number of nitrogens with zero attached hydrogens (tertiary/aromatic N) is 3. The molecule has 0 radical (unpaired) electrons. The highest BCUT2D eigenvalue weighted by molar-refractivity contribution is 5.28. The monoisotopic (exact) mass is 234 g/mol. The number of pyridine rings is 1. The van der Waals surface area contributed by atoms with E-state index in [1.54, 1.807) is 0 Å². The largest absolute Gasteiger partial charge is 0.384 e. The van der Waals surface area contributed by atoms with Gasteiger partial charge >= 0.3 is 0 Å². The van der Waals surface area contributed by atoms with Crippen LogP contribution in [0.15, 0.2) is 18.2 Å². The Labute approximate surface area is 103 Å². The van der Waals surface area contributed by atoms with Crippen molar-refractivity contribution in [3.8, 4) is 0 Å². The minimum atomic E-state index is 0.614. The van der Waals surface area contributed by atoms with Crippen LogP contribution in [0.3, 0.4) is 0 Å². The van der Waals surface area contributed by atoms with E-state index in [2.05, 4.69) is 28.6 Å². The van der Waals surface area contributed by atoms with E-state index in [0.717, 1.165) is 38.4 Å². The molecule has 2 N–H and O–H groups in total. The van der Waals surface area contributed by atoms with Crippen molar-refractivity contribution < 1.29 is 0 Å². The van der Waals surface area contributed by atoms with Crippen molar-refractivity contribution in [3.05, 3.63) is 23.9 Å². The fourth-order valence-corrected chi connectivity index (χ4v) is 2.25. The van der Waals surface area contributed by atoms with Gasteiger partial charge in [-0.2, -0.15) is 0 Å². The summed E-state index contributed by atoms with van der Waals surface area (Å²) >= 11 is 0. The molecule has 0 aromatic carbocycles. The minimum Gasteiger partial charge on any atom is -0.384 e. The van der Waals surface area contributed by atoms with Crippen LogP contribution >= 0.6 is 0 Å². The first kappa shape index (κ1) is 12.3. The number of hydrogen-bond acceptors (Lipinski definition) is 4. The molecule has 4 heteroatoms. The molecule has 0 bridgehead atoms. The Morgan fingerprint density at radius 1 is 1.24 bits per heavy atom. The van der Waals surface area contributed by atoms with Gasteiger partial charge in [-0.15, -0.1) is 0 Å². The van der Waals surface area contributed by atoms with Crippen molar-refractivity contribution in [1.82, 2.24) is 14.8 Å². The predicted octanol–water partition coefficient (Wildman–Crippen LogP) is 1.19. The van der Waals surface area contributed by atoms with Crippen LogP contribution in [0.2, 0.25) is 0 Å². The topological polar surface area (TPSA) is 45.4 Å². The van der Waals surface area contributed by atoms with Gasteiger partial charge in [0.2, 0.25) is 0 Å². The van der Waals surface area contributed by atoms with E-state index in [-0.39, 0.29) is 0 Å². The normalized spacial score (nSPS) is 18.8. The molecule has 0 unspecified atom stereocenters. The molecule has 1 aliphatic rings. The summed E-state index contributed by atoms with van der Waals surface area (Å²) in [5.74, 6) is 0.614. The third kappa shape index (κ3) is 3.41. The van der Waals surface area contributed by atoms with Crippen molar-refractivity contribution in [2.75, 3.05) is 31.9 Å². The molecule has 1 fully saturated rings. The summed E-state index contributed by atoms with van der Waals surface area (Å²) in [4.78, 5) is 9.31. The van der Waals surface area contributed by atoms with Crippen LogP contribution in [0, 0.1) is 0 Å². The number of piperazine rings is 1. The quantitative estimate of drug-likeness (QED) is 0.853. The van der Waals surface area contributed by atoms with Crippen LogP contribution in [0.25, 0.3) is 0 Å². The molecule has 94 valence electrons. The van der Waals surface area contributed by atoms with Gasteiger partial charge in [-0.1, -0.05) is 6.07 Å². The van der Waals surface area contributed by atoms with Crippen LogP contribution in [0.5, 0.6) is 0 Å². The van der Waals surface area contributed by atoms with E-state index in [4.69, 9.17) is 5.73 Å². The first-order valence-electron chi connectivity index (χ1n) is 6.33. The SMILES string of the molecule is CC(C)N1CCN(Cc2cccc(N)n2)CC1. The zero-order chi connectivity index (χ0) is 12.3. The second-order valence-corrected chi connectivity index (χ2v) is 4.96. The molecule has 0 amide bonds. The van der Waals surface area contributed by atoms with Crippen LogP contribution in [-0.2, 0) is 6.54 Å². The Bertz CT molecular complexity index is 356. The fraction of sp³-hybridized carbons (Fsp3) is 0.615. The van der Waals surface area contributed by atoms with Gasteiger partial charge in [0.25, 0.3) is 0 Å². The highest BCUT2D eigenvalue weighted by Gasteiger charge is 2.18. The van der Waals surface area contributed by atoms with Gasteiger partial charge in [0.15, 0.2) is 0 Å². The van der Waals surface area contributed by atoms with Gasteiger partial charge in [-0.05, 0) is 26.0 Å². The Morgan fingerprint density at radius 2 is 1.94 bits per heavy atom. The summed E-state index contributed by atoms with van der Waals surface area (Å²) in [6, 6.07) is 6.51. The van der Waals surface area contributed by atoms with Crippen LogP contribution in [-0.4, -0.2) is 47.0 Å². The Hall–Kier alpha value is -1.13. The molecule has 0 saturated carbocycles. The molecule has 2 heterocycles. The molecule has 0 aliphatic carbocycles. The van der Waals surface area contributed by atoms with E-state index in [9.17, 15) is 0 Å². The summed E-state index contributed by atoms with van der Waals surface area (Å²) in [5.41, 5.74) is 6.76. The molecule has 2 rings (SSSR count). The summed E-state index contributed by atoms with van der Waals surface area (Å²) in [6.07, 6.45) is 0. The predicted molar refractivity (Wildman–Crippen MR) is 70.6 cm³/mol. The van der Waals surface area contributed by atoms with Crippen molar-refractivity contribution in [2.45, 2.75) is 26.4 Å². The highest BCUT2D eigenvalue weighted by Crippen LogP contribution is 2.09. The van der Waals surface area contributed by atoms with E-state index < -0.39 is 0 Å². The number of nitrogens with two attached hydrogens (primary N) is 1. The summed E-state index contributed by atoms with van der Waals surface area (Å²) in [7, 11) is 0. The lowest BCUT2D eigenvalue weighted by Crippen LogP contribution is -2.48. The van der Waals surface area contributed by atoms with Gasteiger partial charge in [-0.3, -0.25) is 9.80 Å². The third-order valence-corrected chi connectivity index (χ3v) is 3.35. The standard InChI is InChI=1S/C13H22N4/c1-11(2)17-8-6-16(7-9-17)10-12-4-3-5-13(14)15-12/h3-5,11H,6-10H2,1-2H3,(H2,14,15). The van der Waals surface area contributed by atoms with Gasteiger partial charge in [0.1, 0.15) is 5.82 Å². The van der Waals surface area contributed by atoms with Gasteiger partial charge in [-0.25, -0.2) is 4.98 Å². The summed E-state index contributed by atoms with van der Waals surface area (Å²) < 4.78 is 0. The molecule has 1 aromatic heterocycles. The molecule has 17 heavy (non-hydrogen) atoms. The van der Waals surface area contributed by atoms with Gasteiger partial charge < -0.3 is 5.73 Å². The van der Waals surface area contributed by atoms with Crippen molar-refractivity contribution >= 4 is 5.82 Å². The smallest absolute Gasteiger partial charge is 0.123 e. The maximum Gasteiger partial charge on any atom is 0.123 e. The summed E-state index contributed by atoms with van der Waals surface area (Å²) in [5, 5.41) is 0. The van der Waals surface area contributed by atoms with Crippen molar-refractivity contribution in [2.24, 2.45) is 0 Å². The number of rotatable bonds is 3. The lowest BCUT2D eigenvalue weighted by molar-refractivity contribution is 0.103. The summed E-state index contributed by atoms with van der Waals surface area (Å²) in [6.45, 7) is 9.98. The van der Waals surface area contributed by atoms with E-state index in [0.29, 0.717) is 11.9 Å². The lowest BCUT2D eigenvalue weighted by atomic mass is 10.2. The maximum absolute atomic E-state index is 5.69. The first-order valence-corrected chi connectivity index (χ1v) is 6.33. The number of aromatic nitrogens is 1. The maximum atomic E-state index is 5.69. The first-order chi connectivity index (χ1) is 8.15. The second-order valence-electron chi connectivity index (χ2n) is 4.96. The number of nitrogen functional groups attached to an aromatic ring is 1. The number of anilines is 1. The van der Waals surface area contributed by atoms with Crippen LogP contribution in [0.4, 0.5) is 5.82 Å². The van der Waals surface area contributed by atoms with Crippen LogP contribution < -0.4 is 5.73 Å². The lowest BCUT2D eigenvalue weighted by Gasteiger charge is -2.36. The zero-order valence-corrected chi connectivity index (χ0v) is 10.8. The van der Waals surface area contributed by atoms with Crippen molar-refractivity contribution in [3.63, 3.8) is 0 Å². The average molecular weight is 234 g/mol. The van der Waals surface area contributed by atoms with Gasteiger partial charge in [0.05, 0.1) is 5.69 Å². The molecule has 1 aromatic rings. The highest BCUT2D eigenvalue weighted by atomic mass is 15.3.